The molecule has 17 heavy (non-hydrogen) atoms. The first-order valence-corrected chi connectivity index (χ1v) is 6.65. The molecule has 0 amide bonds. The molecule has 1 heterocycles. The van der Waals surface area contributed by atoms with Crippen LogP contribution in [0, 0.1) is 0 Å². The minimum atomic E-state index is -0.235. The van der Waals surface area contributed by atoms with Gasteiger partial charge >= 0.3 is 0 Å². The van der Waals surface area contributed by atoms with Crippen LogP contribution in [0.25, 0.3) is 11.5 Å². The van der Waals surface area contributed by atoms with E-state index in [4.69, 9.17) is 27.7 Å². The van der Waals surface area contributed by atoms with Crippen LogP contribution in [0.15, 0.2) is 27.2 Å². The number of halogens is 3. The van der Waals surface area contributed by atoms with Crippen molar-refractivity contribution in [3.8, 4) is 11.5 Å². The molecule has 0 fully saturated rings. The molecule has 0 bridgehead atoms. The van der Waals surface area contributed by atoms with Gasteiger partial charge in [0.2, 0.25) is 0 Å². The smallest absolute Gasteiger partial charge is 0.259 e. The van der Waals surface area contributed by atoms with Crippen LogP contribution in [0.2, 0.25) is 5.02 Å². The number of aromatic nitrogens is 2. The summed E-state index contributed by atoms with van der Waals surface area (Å²) in [6, 6.07) is 5.46. The molecular weight excluding hydrogens is 327 g/mol. The number of hydrogen-bond acceptors (Lipinski definition) is 3. The standard InChI is InChI=1S/C11H9BrCl2N2O/c1-2-8(13)10-15-11(17-16-10)7-4-3-6(12)5-9(7)14/h3-5,8H,2H2,1H3. The third-order valence-corrected chi connectivity index (χ3v) is 3.55. The fraction of sp³-hybridized carbons (Fsp3) is 0.273. The molecule has 1 aromatic heterocycles. The fourth-order valence-electron chi connectivity index (χ4n) is 1.32. The van der Waals surface area contributed by atoms with E-state index in [1.165, 1.54) is 0 Å². The topological polar surface area (TPSA) is 38.9 Å². The summed E-state index contributed by atoms with van der Waals surface area (Å²) in [7, 11) is 0. The Labute approximate surface area is 117 Å². The first-order chi connectivity index (χ1) is 8.11. The third kappa shape index (κ3) is 2.81. The van der Waals surface area contributed by atoms with Gasteiger partial charge in [-0.1, -0.05) is 39.6 Å². The molecule has 1 aromatic carbocycles. The molecule has 6 heteroatoms. The predicted molar refractivity (Wildman–Crippen MR) is 71.3 cm³/mol. The molecule has 0 N–H and O–H groups in total. The second-order valence-electron chi connectivity index (χ2n) is 3.46. The number of nitrogens with zero attached hydrogens (tertiary/aromatic N) is 2. The molecule has 1 atom stereocenters. The van der Waals surface area contributed by atoms with Crippen molar-refractivity contribution in [3.63, 3.8) is 0 Å². The molecule has 3 nitrogen and oxygen atoms in total. The van der Waals surface area contributed by atoms with E-state index in [1.807, 2.05) is 19.1 Å². The van der Waals surface area contributed by atoms with Crippen molar-refractivity contribution in [1.29, 1.82) is 0 Å². The molecule has 0 saturated carbocycles. The van der Waals surface area contributed by atoms with E-state index < -0.39 is 0 Å². The first kappa shape index (κ1) is 12.9. The molecular formula is C11H9BrCl2N2O. The lowest BCUT2D eigenvalue weighted by Gasteiger charge is -1.99. The maximum atomic E-state index is 6.10. The minimum absolute atomic E-state index is 0.235. The van der Waals surface area contributed by atoms with Crippen LogP contribution in [0.4, 0.5) is 0 Å². The van der Waals surface area contributed by atoms with Gasteiger partial charge in [0.15, 0.2) is 5.82 Å². The zero-order valence-corrected chi connectivity index (χ0v) is 12.1. The van der Waals surface area contributed by atoms with E-state index in [0.29, 0.717) is 22.3 Å². The van der Waals surface area contributed by atoms with Crippen molar-refractivity contribution >= 4 is 39.1 Å². The molecule has 2 aromatic rings. The van der Waals surface area contributed by atoms with E-state index in [1.54, 1.807) is 6.07 Å². The Balaban J connectivity index is 2.37. The Morgan fingerprint density at radius 2 is 2.24 bits per heavy atom. The summed E-state index contributed by atoms with van der Waals surface area (Å²) in [4.78, 5) is 4.23. The highest BCUT2D eigenvalue weighted by molar-refractivity contribution is 9.10. The van der Waals surface area contributed by atoms with Crippen LogP contribution in [-0.2, 0) is 0 Å². The molecule has 0 spiro atoms. The van der Waals surface area contributed by atoms with Crippen LogP contribution in [0.3, 0.4) is 0 Å². The second-order valence-corrected chi connectivity index (χ2v) is 5.31. The van der Waals surface area contributed by atoms with Gasteiger partial charge in [0.05, 0.1) is 16.0 Å². The van der Waals surface area contributed by atoms with Crippen LogP contribution in [-0.4, -0.2) is 10.1 Å². The van der Waals surface area contributed by atoms with Gasteiger partial charge in [0.1, 0.15) is 0 Å². The summed E-state index contributed by atoms with van der Waals surface area (Å²) in [5.41, 5.74) is 0.702. The molecule has 0 radical (unpaired) electrons. The first-order valence-electron chi connectivity index (χ1n) is 5.05. The van der Waals surface area contributed by atoms with Crippen molar-refractivity contribution in [2.24, 2.45) is 0 Å². The van der Waals surface area contributed by atoms with Gasteiger partial charge in [0, 0.05) is 4.47 Å². The Bertz CT molecular complexity index is 530. The minimum Gasteiger partial charge on any atom is -0.334 e. The average Bonchev–Trinajstić information content (AvgIpc) is 2.77. The summed E-state index contributed by atoms with van der Waals surface area (Å²) < 4.78 is 6.05. The molecule has 90 valence electrons. The summed E-state index contributed by atoms with van der Waals surface area (Å²) in [5, 5.41) is 4.16. The van der Waals surface area contributed by atoms with E-state index >= 15 is 0 Å². The normalized spacial score (nSPS) is 12.7. The lowest BCUT2D eigenvalue weighted by molar-refractivity contribution is 0.421. The Hall–Kier alpha value is -0.580. The highest BCUT2D eigenvalue weighted by Gasteiger charge is 2.16. The van der Waals surface area contributed by atoms with E-state index in [2.05, 4.69) is 26.1 Å². The van der Waals surface area contributed by atoms with Gasteiger partial charge in [-0.2, -0.15) is 4.98 Å². The largest absolute Gasteiger partial charge is 0.334 e. The Morgan fingerprint density at radius 1 is 1.47 bits per heavy atom. The molecule has 2 rings (SSSR count). The number of hydrogen-bond donors (Lipinski definition) is 0. The van der Waals surface area contributed by atoms with Crippen LogP contribution in [0.5, 0.6) is 0 Å². The quantitative estimate of drug-likeness (QED) is 0.753. The maximum Gasteiger partial charge on any atom is 0.259 e. The van der Waals surface area contributed by atoms with E-state index in [-0.39, 0.29) is 5.38 Å². The van der Waals surface area contributed by atoms with Crippen molar-refractivity contribution in [1.82, 2.24) is 10.1 Å². The predicted octanol–water partition coefficient (Wildman–Crippen LogP) is 4.84. The molecule has 0 aliphatic carbocycles. The number of rotatable bonds is 3. The van der Waals surface area contributed by atoms with Crippen molar-refractivity contribution in [2.45, 2.75) is 18.7 Å². The number of alkyl halides is 1. The van der Waals surface area contributed by atoms with E-state index in [9.17, 15) is 0 Å². The van der Waals surface area contributed by atoms with Gasteiger partial charge in [-0.15, -0.1) is 11.6 Å². The lowest BCUT2D eigenvalue weighted by atomic mass is 10.2. The van der Waals surface area contributed by atoms with Crippen molar-refractivity contribution in [2.75, 3.05) is 0 Å². The van der Waals surface area contributed by atoms with Crippen LogP contribution >= 0.6 is 39.1 Å². The average molecular weight is 336 g/mol. The second kappa shape index (κ2) is 5.38. The summed E-state index contributed by atoms with van der Waals surface area (Å²) in [6.07, 6.45) is 0.745. The monoisotopic (exact) mass is 334 g/mol. The van der Waals surface area contributed by atoms with Gasteiger partial charge in [-0.25, -0.2) is 0 Å². The van der Waals surface area contributed by atoms with Crippen LogP contribution in [0.1, 0.15) is 24.5 Å². The Morgan fingerprint density at radius 3 is 2.88 bits per heavy atom. The molecule has 1 unspecified atom stereocenters. The van der Waals surface area contributed by atoms with Crippen molar-refractivity contribution in [3.05, 3.63) is 33.5 Å². The molecule has 0 saturated heterocycles. The van der Waals surface area contributed by atoms with Gasteiger partial charge < -0.3 is 4.52 Å². The lowest BCUT2D eigenvalue weighted by Crippen LogP contribution is -1.90. The summed E-state index contributed by atoms with van der Waals surface area (Å²) >= 11 is 15.5. The fourth-order valence-corrected chi connectivity index (χ4v) is 2.16. The molecule has 0 aliphatic heterocycles. The zero-order valence-electron chi connectivity index (χ0n) is 8.95. The van der Waals surface area contributed by atoms with Gasteiger partial charge in [-0.3, -0.25) is 0 Å². The van der Waals surface area contributed by atoms with Crippen molar-refractivity contribution < 1.29 is 4.52 Å². The zero-order chi connectivity index (χ0) is 12.4. The highest BCUT2D eigenvalue weighted by Crippen LogP contribution is 2.31. The Kier molecular flexibility index (Phi) is 4.07. The third-order valence-electron chi connectivity index (χ3n) is 2.24. The van der Waals surface area contributed by atoms with Gasteiger partial charge in [0.25, 0.3) is 5.89 Å². The molecule has 0 aliphatic rings. The van der Waals surface area contributed by atoms with E-state index in [0.717, 1.165) is 10.9 Å². The van der Waals surface area contributed by atoms with Gasteiger partial charge in [-0.05, 0) is 24.6 Å². The number of benzene rings is 1. The maximum absolute atomic E-state index is 6.10. The summed E-state index contributed by atoms with van der Waals surface area (Å²) in [6.45, 7) is 1.96. The highest BCUT2D eigenvalue weighted by atomic mass is 79.9. The summed E-state index contributed by atoms with van der Waals surface area (Å²) in [5.74, 6) is 0.875. The SMILES string of the molecule is CCC(Cl)c1noc(-c2ccc(Br)cc2Cl)n1. The van der Waals surface area contributed by atoms with Crippen LogP contribution < -0.4 is 0 Å².